The van der Waals surface area contributed by atoms with Gasteiger partial charge in [0.1, 0.15) is 13.2 Å². The van der Waals surface area contributed by atoms with Crippen LogP contribution in [0.1, 0.15) is 284 Å². The second kappa shape index (κ2) is 68.5. The van der Waals surface area contributed by atoms with E-state index in [1.807, 2.05) is 0 Å². The van der Waals surface area contributed by atoms with Gasteiger partial charge in [-0.3, -0.25) is 14.4 Å². The Labute approximate surface area is 505 Å². The minimum absolute atomic E-state index is 0.0951. The van der Waals surface area contributed by atoms with Gasteiger partial charge in [-0.1, -0.05) is 281 Å². The molecule has 0 heterocycles. The van der Waals surface area contributed by atoms with E-state index in [0.717, 1.165) is 173 Å². The maximum Gasteiger partial charge on any atom is 0.306 e. The molecule has 1 atom stereocenters. The third-order valence-corrected chi connectivity index (χ3v) is 13.7. The first-order valence-electron chi connectivity index (χ1n) is 33.5. The molecular formula is C76H122O6. The highest BCUT2D eigenvalue weighted by Crippen LogP contribution is 2.15. The van der Waals surface area contributed by atoms with Gasteiger partial charge in [0.05, 0.1) is 0 Å². The number of esters is 3. The monoisotopic (exact) mass is 1130 g/mol. The molecule has 0 fully saturated rings. The van der Waals surface area contributed by atoms with Gasteiger partial charge in [0.15, 0.2) is 6.10 Å². The summed E-state index contributed by atoms with van der Waals surface area (Å²) in [7, 11) is 0. The second-order valence-electron chi connectivity index (χ2n) is 21.6. The van der Waals surface area contributed by atoms with Crippen LogP contribution in [0.5, 0.6) is 0 Å². The van der Waals surface area contributed by atoms with Gasteiger partial charge in [0.25, 0.3) is 0 Å². The Morgan fingerprint density at radius 3 is 0.756 bits per heavy atom. The SMILES string of the molecule is CC/C=C\C/C=C\C/C=C\C/C=C\C/C=C\C/C=C\C/C=C\CCCCCCCCCCCCCC(=O)OCC(COC(=O)CCCCCCC/C=C\CCC)OC(=O)CCCCCCC/C=C\C/C=C\C/C=C\C/C=C\C/C=C\CC. The van der Waals surface area contributed by atoms with Gasteiger partial charge < -0.3 is 14.2 Å². The first-order chi connectivity index (χ1) is 40.5. The van der Waals surface area contributed by atoms with Crippen molar-refractivity contribution in [1.82, 2.24) is 0 Å². The molecule has 0 spiro atoms. The molecule has 0 radical (unpaired) electrons. The third-order valence-electron chi connectivity index (χ3n) is 13.7. The highest BCUT2D eigenvalue weighted by molar-refractivity contribution is 5.71. The van der Waals surface area contributed by atoms with E-state index in [4.69, 9.17) is 14.2 Å². The Kier molecular flexibility index (Phi) is 64.4. The highest BCUT2D eigenvalue weighted by atomic mass is 16.6. The van der Waals surface area contributed by atoms with Gasteiger partial charge in [-0.05, 0) is 141 Å². The third kappa shape index (κ3) is 65.8. The topological polar surface area (TPSA) is 78.9 Å². The lowest BCUT2D eigenvalue weighted by atomic mass is 10.0. The fourth-order valence-corrected chi connectivity index (χ4v) is 8.80. The van der Waals surface area contributed by atoms with Crippen LogP contribution in [0.15, 0.2) is 158 Å². The number of ether oxygens (including phenoxy) is 3. The minimum Gasteiger partial charge on any atom is -0.462 e. The molecule has 0 aliphatic heterocycles. The van der Waals surface area contributed by atoms with E-state index in [-0.39, 0.29) is 31.1 Å². The number of rotatable bonds is 59. The first kappa shape index (κ1) is 77.0. The van der Waals surface area contributed by atoms with Crippen LogP contribution in [-0.4, -0.2) is 37.2 Å². The Hall–Kier alpha value is -4.97. The predicted octanol–water partition coefficient (Wildman–Crippen LogP) is 23.3. The molecule has 0 aromatic carbocycles. The molecule has 0 saturated carbocycles. The quantitative estimate of drug-likeness (QED) is 0.0261. The van der Waals surface area contributed by atoms with Crippen molar-refractivity contribution in [3.63, 3.8) is 0 Å². The Bertz CT molecular complexity index is 1830. The van der Waals surface area contributed by atoms with Gasteiger partial charge in [-0.25, -0.2) is 0 Å². The van der Waals surface area contributed by atoms with Crippen LogP contribution < -0.4 is 0 Å². The summed E-state index contributed by atoms with van der Waals surface area (Å²) in [5.41, 5.74) is 0. The molecule has 0 aromatic rings. The van der Waals surface area contributed by atoms with Crippen LogP contribution in [0.2, 0.25) is 0 Å². The summed E-state index contributed by atoms with van der Waals surface area (Å²) in [5.74, 6) is -0.929. The van der Waals surface area contributed by atoms with Crippen LogP contribution in [0.3, 0.4) is 0 Å². The van der Waals surface area contributed by atoms with Crippen molar-refractivity contribution >= 4 is 17.9 Å². The summed E-state index contributed by atoms with van der Waals surface area (Å²) in [4.78, 5) is 38.3. The molecule has 82 heavy (non-hydrogen) atoms. The van der Waals surface area contributed by atoms with E-state index < -0.39 is 6.10 Å². The van der Waals surface area contributed by atoms with Crippen molar-refractivity contribution in [3.8, 4) is 0 Å². The van der Waals surface area contributed by atoms with E-state index in [2.05, 4.69) is 179 Å². The lowest BCUT2D eigenvalue weighted by molar-refractivity contribution is -0.167. The average Bonchev–Trinajstić information content (AvgIpc) is 3.48. The molecule has 0 rings (SSSR count). The molecule has 0 aliphatic rings. The molecule has 0 saturated heterocycles. The molecule has 0 aromatic heterocycles. The number of hydrogen-bond donors (Lipinski definition) is 0. The summed E-state index contributed by atoms with van der Waals surface area (Å²) in [6.07, 6.45) is 99.8. The average molecular weight is 1130 g/mol. The van der Waals surface area contributed by atoms with Crippen LogP contribution in [-0.2, 0) is 28.6 Å². The molecular weight excluding hydrogens is 1010 g/mol. The molecule has 0 bridgehead atoms. The van der Waals surface area contributed by atoms with E-state index in [1.165, 1.54) is 70.6 Å². The molecule has 0 N–H and O–H groups in total. The van der Waals surface area contributed by atoms with Crippen LogP contribution >= 0.6 is 0 Å². The van der Waals surface area contributed by atoms with Crippen molar-refractivity contribution in [2.45, 2.75) is 290 Å². The maximum atomic E-state index is 12.9. The van der Waals surface area contributed by atoms with E-state index in [1.54, 1.807) is 0 Å². The number of hydrogen-bond acceptors (Lipinski definition) is 6. The molecule has 1 unspecified atom stereocenters. The van der Waals surface area contributed by atoms with Gasteiger partial charge >= 0.3 is 17.9 Å². The molecule has 6 heteroatoms. The Morgan fingerprint density at radius 1 is 0.256 bits per heavy atom. The summed E-state index contributed by atoms with van der Waals surface area (Å²) in [6, 6.07) is 0. The van der Waals surface area contributed by atoms with Crippen LogP contribution in [0.25, 0.3) is 0 Å². The zero-order chi connectivity index (χ0) is 59.2. The predicted molar refractivity (Wildman–Crippen MR) is 357 cm³/mol. The number of allylic oxidation sites excluding steroid dienone is 26. The summed E-state index contributed by atoms with van der Waals surface area (Å²) in [6.45, 7) is 6.33. The molecule has 0 aliphatic carbocycles. The maximum absolute atomic E-state index is 12.9. The minimum atomic E-state index is -0.800. The highest BCUT2D eigenvalue weighted by Gasteiger charge is 2.19. The standard InChI is InChI=1S/C76H122O6/c1-4-7-10-13-16-19-22-24-26-28-30-32-33-34-35-36-37-38-39-40-41-42-43-45-46-48-50-52-54-57-60-63-66-69-75(78)81-72-73(71-80-74(77)68-65-62-59-56-21-18-15-12-9-6-3)82-76(79)70-67-64-61-58-55-53-51-49-47-44-31-29-27-25-23-20-17-14-11-8-5-2/h7-8,10-12,15-17,19-20,24-27,30-32,34-35,37-38,40-41,44,49,51,73H,4-6,9,13-14,18,21-23,28-29,33,36,39,42-43,45-48,50,52-72H2,1-3H3/b10-7-,11-8-,15-12-,19-16-,20-17-,26-24-,27-25-,32-30-,35-34-,38-37-,41-40-,44-31-,51-49-. The Balaban J connectivity index is 4.25. The van der Waals surface area contributed by atoms with Crippen LogP contribution in [0, 0.1) is 0 Å². The van der Waals surface area contributed by atoms with E-state index >= 15 is 0 Å². The first-order valence-corrected chi connectivity index (χ1v) is 33.5. The molecule has 6 nitrogen and oxygen atoms in total. The van der Waals surface area contributed by atoms with Gasteiger partial charge in [0.2, 0.25) is 0 Å². The van der Waals surface area contributed by atoms with Gasteiger partial charge in [-0.15, -0.1) is 0 Å². The molecule has 0 amide bonds. The van der Waals surface area contributed by atoms with Crippen molar-refractivity contribution in [2.75, 3.05) is 13.2 Å². The van der Waals surface area contributed by atoms with Gasteiger partial charge in [-0.2, -0.15) is 0 Å². The summed E-state index contributed by atoms with van der Waals surface area (Å²) < 4.78 is 16.9. The zero-order valence-corrected chi connectivity index (χ0v) is 52.9. The normalized spacial score (nSPS) is 13.2. The second-order valence-corrected chi connectivity index (χ2v) is 21.6. The smallest absolute Gasteiger partial charge is 0.306 e. The largest absolute Gasteiger partial charge is 0.462 e. The van der Waals surface area contributed by atoms with Crippen molar-refractivity contribution in [3.05, 3.63) is 158 Å². The lowest BCUT2D eigenvalue weighted by Crippen LogP contribution is -2.30. The summed E-state index contributed by atoms with van der Waals surface area (Å²) in [5, 5.41) is 0. The van der Waals surface area contributed by atoms with E-state index in [0.29, 0.717) is 19.3 Å². The number of carbonyl (C=O) groups excluding carboxylic acids is 3. The van der Waals surface area contributed by atoms with Crippen molar-refractivity contribution in [1.29, 1.82) is 0 Å². The molecule has 462 valence electrons. The van der Waals surface area contributed by atoms with Crippen LogP contribution in [0.4, 0.5) is 0 Å². The van der Waals surface area contributed by atoms with Gasteiger partial charge in [0, 0.05) is 19.3 Å². The van der Waals surface area contributed by atoms with E-state index in [9.17, 15) is 14.4 Å². The number of carbonyl (C=O) groups is 3. The lowest BCUT2D eigenvalue weighted by Gasteiger charge is -2.18. The van der Waals surface area contributed by atoms with Crippen molar-refractivity contribution in [2.24, 2.45) is 0 Å². The van der Waals surface area contributed by atoms with Crippen molar-refractivity contribution < 1.29 is 28.6 Å². The fraction of sp³-hybridized carbons (Fsp3) is 0.618. The fourth-order valence-electron chi connectivity index (χ4n) is 8.80. The number of unbranched alkanes of at least 4 members (excludes halogenated alkanes) is 22. The Morgan fingerprint density at radius 2 is 0.476 bits per heavy atom. The summed E-state index contributed by atoms with van der Waals surface area (Å²) >= 11 is 0. The zero-order valence-electron chi connectivity index (χ0n) is 52.9.